The van der Waals surface area contributed by atoms with Gasteiger partial charge in [0, 0.05) is 11.4 Å². The van der Waals surface area contributed by atoms with Crippen LogP contribution in [0.15, 0.2) is 87.1 Å². The Labute approximate surface area is 200 Å². The molecule has 0 radical (unpaired) electrons. The molecule has 0 bridgehead atoms. The maximum Gasteiger partial charge on any atom is 0.265 e. The van der Waals surface area contributed by atoms with Gasteiger partial charge in [-0.1, -0.05) is 0 Å². The summed E-state index contributed by atoms with van der Waals surface area (Å²) in [5.41, 5.74) is 0.0979. The van der Waals surface area contributed by atoms with Gasteiger partial charge in [-0.15, -0.1) is 0 Å². The fourth-order valence-corrected chi connectivity index (χ4v) is 4.51. The highest BCUT2D eigenvalue weighted by molar-refractivity contribution is 7.92. The van der Waals surface area contributed by atoms with Gasteiger partial charge in [0.05, 0.1) is 26.2 Å². The number of furan rings is 1. The summed E-state index contributed by atoms with van der Waals surface area (Å²) in [6, 6.07) is 16.7. The molecule has 4 rings (SSSR count). The van der Waals surface area contributed by atoms with E-state index in [-0.39, 0.29) is 21.9 Å². The molecule has 0 aliphatic rings. The van der Waals surface area contributed by atoms with Crippen molar-refractivity contribution in [1.82, 2.24) is 4.98 Å². The van der Waals surface area contributed by atoms with Gasteiger partial charge < -0.3 is 24.2 Å². The first kappa shape index (κ1) is 23.6. The van der Waals surface area contributed by atoms with Crippen LogP contribution in [0.5, 0.6) is 11.5 Å². The number of hydrogen-bond donors (Lipinski definition) is 3. The lowest BCUT2D eigenvalue weighted by Gasteiger charge is -2.14. The third-order valence-electron chi connectivity index (χ3n) is 4.99. The van der Waals surface area contributed by atoms with Crippen LogP contribution < -0.4 is 25.1 Å². The molecule has 0 unspecified atom stereocenters. The van der Waals surface area contributed by atoms with Gasteiger partial charge in [-0.2, -0.15) is 0 Å². The van der Waals surface area contributed by atoms with Crippen LogP contribution >= 0.6 is 0 Å². The zero-order chi connectivity index (χ0) is 25.0. The fraction of sp³-hybridized carbons (Fsp3) is 0.0833. The summed E-state index contributed by atoms with van der Waals surface area (Å²) < 4.78 is 44.1. The summed E-state index contributed by atoms with van der Waals surface area (Å²) >= 11 is 0. The van der Waals surface area contributed by atoms with Crippen LogP contribution in [0.1, 0.15) is 10.4 Å². The number of benzene rings is 2. The van der Waals surface area contributed by atoms with Crippen LogP contribution in [0.25, 0.3) is 11.5 Å². The molecule has 0 fully saturated rings. The monoisotopic (exact) mass is 495 g/mol. The van der Waals surface area contributed by atoms with Gasteiger partial charge in [-0.3, -0.25) is 14.3 Å². The molecular weight excluding hydrogens is 474 g/mol. The lowest BCUT2D eigenvalue weighted by molar-refractivity contribution is 0.102. The number of carbonyl (C=O) groups excluding carboxylic acids is 1. The van der Waals surface area contributed by atoms with Crippen molar-refractivity contribution in [1.29, 1.82) is 0 Å². The molecule has 1 amide bonds. The van der Waals surface area contributed by atoms with Crippen molar-refractivity contribution in [2.75, 3.05) is 24.3 Å². The van der Waals surface area contributed by atoms with Gasteiger partial charge in [0.2, 0.25) is 0 Å². The summed E-state index contributed by atoms with van der Waals surface area (Å²) in [6.45, 7) is 0. The third-order valence-corrected chi connectivity index (χ3v) is 6.40. The highest BCUT2D eigenvalue weighted by Gasteiger charge is 2.22. The second kappa shape index (κ2) is 9.77. The maximum absolute atomic E-state index is 13.0. The number of H-pyrrole nitrogens is 1. The van der Waals surface area contributed by atoms with Gasteiger partial charge in [-0.05, 0) is 66.7 Å². The molecule has 0 saturated carbocycles. The molecule has 10 nitrogen and oxygen atoms in total. The summed E-state index contributed by atoms with van der Waals surface area (Å²) in [4.78, 5) is 27.6. The molecule has 0 spiro atoms. The largest absolute Gasteiger partial charge is 0.497 e. The van der Waals surface area contributed by atoms with Crippen molar-refractivity contribution >= 4 is 27.3 Å². The van der Waals surface area contributed by atoms with Gasteiger partial charge >= 0.3 is 0 Å². The molecule has 3 N–H and O–H groups in total. The molecule has 2 heterocycles. The molecule has 180 valence electrons. The Balaban J connectivity index is 1.58. The van der Waals surface area contributed by atoms with Gasteiger partial charge in [-0.25, -0.2) is 8.42 Å². The van der Waals surface area contributed by atoms with Crippen molar-refractivity contribution < 1.29 is 27.1 Å². The Hall–Kier alpha value is -4.51. The van der Waals surface area contributed by atoms with E-state index in [0.717, 1.165) is 0 Å². The Morgan fingerprint density at radius 2 is 1.69 bits per heavy atom. The van der Waals surface area contributed by atoms with E-state index in [9.17, 15) is 18.0 Å². The van der Waals surface area contributed by atoms with Gasteiger partial charge in [0.15, 0.2) is 0 Å². The van der Waals surface area contributed by atoms with Crippen LogP contribution in [0.3, 0.4) is 0 Å². The van der Waals surface area contributed by atoms with Crippen LogP contribution in [0.4, 0.5) is 11.4 Å². The van der Waals surface area contributed by atoms with Crippen molar-refractivity contribution in [2.45, 2.75) is 4.90 Å². The number of aromatic nitrogens is 1. The Kier molecular flexibility index (Phi) is 6.60. The first-order valence-corrected chi connectivity index (χ1v) is 11.7. The van der Waals surface area contributed by atoms with E-state index < -0.39 is 21.5 Å². The molecule has 4 aromatic rings. The molecule has 0 saturated heterocycles. The minimum atomic E-state index is -4.08. The predicted molar refractivity (Wildman–Crippen MR) is 130 cm³/mol. The number of hydrogen-bond acceptors (Lipinski definition) is 7. The molecule has 2 aromatic carbocycles. The average molecular weight is 496 g/mol. The van der Waals surface area contributed by atoms with Crippen LogP contribution in [-0.2, 0) is 10.0 Å². The SMILES string of the molecule is COc1ccc(NS(=O)(=O)c2cc(NC(=O)c3ccc(-c4ccco4)[nH]c3=O)ccc2OC)cc1. The van der Waals surface area contributed by atoms with E-state index in [2.05, 4.69) is 15.0 Å². The van der Waals surface area contributed by atoms with Crippen LogP contribution in [0.2, 0.25) is 0 Å². The summed E-state index contributed by atoms with van der Waals surface area (Å²) in [7, 11) is -1.24. The van der Waals surface area contributed by atoms with Crippen molar-refractivity contribution in [3.8, 4) is 23.0 Å². The standard InChI is InChI=1S/C24H21N3O7S/c1-32-17-8-5-15(6-9-17)27-35(30,31)22-14-16(7-12-21(22)33-2)25-23(28)18-10-11-19(26-24(18)29)20-4-3-13-34-20/h3-14,27H,1-2H3,(H,25,28)(H,26,29). The first-order chi connectivity index (χ1) is 16.8. The van der Waals surface area contributed by atoms with Gasteiger partial charge in [0.1, 0.15) is 27.7 Å². The number of ether oxygens (including phenoxy) is 2. The zero-order valence-electron chi connectivity index (χ0n) is 18.7. The number of carbonyl (C=O) groups is 1. The normalized spacial score (nSPS) is 11.0. The van der Waals surface area contributed by atoms with Crippen LogP contribution in [-0.4, -0.2) is 33.5 Å². The Bertz CT molecular complexity index is 1510. The highest BCUT2D eigenvalue weighted by Crippen LogP contribution is 2.29. The van der Waals surface area contributed by atoms with E-state index in [1.165, 1.54) is 50.8 Å². The molecule has 2 aromatic heterocycles. The molecule has 0 aliphatic heterocycles. The number of aromatic amines is 1. The topological polar surface area (TPSA) is 140 Å². The van der Waals surface area contributed by atoms with E-state index >= 15 is 0 Å². The van der Waals surface area contributed by atoms with Crippen molar-refractivity contribution in [3.05, 3.63) is 88.9 Å². The van der Waals surface area contributed by atoms with E-state index in [0.29, 0.717) is 22.9 Å². The van der Waals surface area contributed by atoms with E-state index in [1.807, 2.05) is 0 Å². The number of rotatable bonds is 8. The molecule has 35 heavy (non-hydrogen) atoms. The second-order valence-electron chi connectivity index (χ2n) is 7.25. The summed E-state index contributed by atoms with van der Waals surface area (Å²) in [5, 5.41) is 2.55. The second-order valence-corrected chi connectivity index (χ2v) is 8.90. The molecule has 0 atom stereocenters. The fourth-order valence-electron chi connectivity index (χ4n) is 3.26. The smallest absolute Gasteiger partial charge is 0.265 e. The Morgan fingerprint density at radius 1 is 0.943 bits per heavy atom. The highest BCUT2D eigenvalue weighted by atomic mass is 32.2. The number of methoxy groups -OCH3 is 2. The quantitative estimate of drug-likeness (QED) is 0.339. The molecular formula is C24H21N3O7S. The van der Waals surface area contributed by atoms with Crippen molar-refractivity contribution in [2.24, 2.45) is 0 Å². The summed E-state index contributed by atoms with van der Waals surface area (Å²) in [5.74, 6) is 0.379. The molecule has 11 heteroatoms. The minimum absolute atomic E-state index is 0.0738. The van der Waals surface area contributed by atoms with Gasteiger partial charge in [0.25, 0.3) is 21.5 Å². The number of pyridine rings is 1. The molecule has 0 aliphatic carbocycles. The number of sulfonamides is 1. The zero-order valence-corrected chi connectivity index (χ0v) is 19.5. The lowest BCUT2D eigenvalue weighted by Crippen LogP contribution is -2.23. The third kappa shape index (κ3) is 5.20. The average Bonchev–Trinajstić information content (AvgIpc) is 3.39. The van der Waals surface area contributed by atoms with Crippen LogP contribution in [0, 0.1) is 0 Å². The van der Waals surface area contributed by atoms with E-state index in [1.54, 1.807) is 36.4 Å². The number of nitrogens with one attached hydrogen (secondary N) is 3. The summed E-state index contributed by atoms with van der Waals surface area (Å²) in [6.07, 6.45) is 1.47. The van der Waals surface area contributed by atoms with Crippen molar-refractivity contribution in [3.63, 3.8) is 0 Å². The predicted octanol–water partition coefficient (Wildman–Crippen LogP) is 3.71. The first-order valence-electron chi connectivity index (χ1n) is 10.2. The maximum atomic E-state index is 13.0. The number of anilines is 2. The van der Waals surface area contributed by atoms with E-state index in [4.69, 9.17) is 13.9 Å². The number of amides is 1. The lowest BCUT2D eigenvalue weighted by atomic mass is 10.2. The minimum Gasteiger partial charge on any atom is -0.497 e. The Morgan fingerprint density at radius 3 is 2.31 bits per heavy atom.